The average Bonchev–Trinajstić information content (AvgIpc) is 3.13. The van der Waals surface area contributed by atoms with E-state index < -0.39 is 16.1 Å². The van der Waals surface area contributed by atoms with Gasteiger partial charge >= 0.3 is 5.63 Å². The number of fused-ring (bicyclic) bond motifs is 7. The summed E-state index contributed by atoms with van der Waals surface area (Å²) in [4.78, 5) is 23.0. The molecule has 2 aliphatic rings. The first-order valence-corrected chi connectivity index (χ1v) is 11.4. The van der Waals surface area contributed by atoms with Crippen molar-refractivity contribution in [3.8, 4) is 17.3 Å². The number of benzene rings is 2. The fourth-order valence-corrected chi connectivity index (χ4v) is 5.42. The monoisotopic (exact) mass is 473 g/mol. The maximum Gasteiger partial charge on any atom is 0.336 e. The summed E-state index contributed by atoms with van der Waals surface area (Å²) >= 11 is 0. The lowest BCUT2D eigenvalue weighted by atomic mass is 9.70. The summed E-state index contributed by atoms with van der Waals surface area (Å²) in [6, 6.07) is 11.6. The average molecular weight is 473 g/mol. The Labute approximate surface area is 200 Å². The van der Waals surface area contributed by atoms with E-state index in [-0.39, 0.29) is 17.5 Å². The molecule has 0 spiro atoms. The molecule has 0 N–H and O–H groups in total. The summed E-state index contributed by atoms with van der Waals surface area (Å²) in [5, 5.41) is 16.7. The van der Waals surface area contributed by atoms with E-state index in [0.29, 0.717) is 29.5 Å². The highest BCUT2D eigenvalue weighted by Gasteiger charge is 2.51. The third-order valence-corrected chi connectivity index (χ3v) is 7.18. The van der Waals surface area contributed by atoms with Crippen LogP contribution in [-0.2, 0) is 0 Å². The highest BCUT2D eigenvalue weighted by molar-refractivity contribution is 5.86. The topological polar surface area (TPSA) is 110 Å². The molecule has 4 heterocycles. The SMILES string of the molecule is Cc1nn(-c2ccc([N+](=O)[O-])cc2)c2c1[C@H]1c3c(ccc4c(C)cc(=O)oc34)OC[C@H]1C(C)(C)O2. The summed E-state index contributed by atoms with van der Waals surface area (Å²) in [6.07, 6.45) is 0. The Morgan fingerprint density at radius 3 is 2.57 bits per heavy atom. The predicted molar refractivity (Wildman–Crippen MR) is 128 cm³/mol. The van der Waals surface area contributed by atoms with E-state index in [2.05, 4.69) is 0 Å². The van der Waals surface area contributed by atoms with Gasteiger partial charge in [0.15, 0.2) is 0 Å². The quantitative estimate of drug-likeness (QED) is 0.233. The number of rotatable bonds is 2. The van der Waals surface area contributed by atoms with Crippen LogP contribution in [0.5, 0.6) is 11.6 Å². The molecule has 9 nitrogen and oxygen atoms in total. The van der Waals surface area contributed by atoms with E-state index in [1.54, 1.807) is 16.8 Å². The molecule has 9 heteroatoms. The van der Waals surface area contributed by atoms with Crippen LogP contribution in [0.1, 0.15) is 42.1 Å². The molecule has 0 bridgehead atoms. The Balaban J connectivity index is 1.62. The maximum atomic E-state index is 12.4. The number of aryl methyl sites for hydroxylation is 2. The van der Waals surface area contributed by atoms with Gasteiger partial charge in [-0.15, -0.1) is 0 Å². The first kappa shape index (κ1) is 21.4. The van der Waals surface area contributed by atoms with E-state index in [1.807, 2.05) is 39.8 Å². The Morgan fingerprint density at radius 1 is 1.11 bits per heavy atom. The third-order valence-electron chi connectivity index (χ3n) is 7.18. The number of non-ortho nitro benzene ring substituents is 1. The van der Waals surface area contributed by atoms with Gasteiger partial charge in [-0.3, -0.25) is 10.1 Å². The Kier molecular flexibility index (Phi) is 4.39. The zero-order valence-electron chi connectivity index (χ0n) is 19.7. The van der Waals surface area contributed by atoms with Gasteiger partial charge in [-0.1, -0.05) is 0 Å². The molecular formula is C26H23N3O6. The lowest BCUT2D eigenvalue weighted by molar-refractivity contribution is -0.384. The summed E-state index contributed by atoms with van der Waals surface area (Å²) < 4.78 is 20.2. The van der Waals surface area contributed by atoms with Gasteiger partial charge in [0.25, 0.3) is 5.69 Å². The zero-order valence-corrected chi connectivity index (χ0v) is 19.7. The van der Waals surface area contributed by atoms with Gasteiger partial charge < -0.3 is 13.9 Å². The molecule has 0 saturated carbocycles. The largest absolute Gasteiger partial charge is 0.493 e. The number of hydrogen-bond acceptors (Lipinski definition) is 7. The number of hydrogen-bond donors (Lipinski definition) is 0. The minimum Gasteiger partial charge on any atom is -0.493 e. The molecule has 35 heavy (non-hydrogen) atoms. The minimum atomic E-state index is -0.632. The summed E-state index contributed by atoms with van der Waals surface area (Å²) in [5.74, 6) is 1.01. The van der Waals surface area contributed by atoms with Crippen molar-refractivity contribution >= 4 is 16.7 Å². The van der Waals surface area contributed by atoms with Gasteiger partial charge in [0.1, 0.15) is 16.9 Å². The molecule has 6 rings (SSSR count). The molecule has 0 fully saturated rings. The minimum absolute atomic E-state index is 0.00281. The van der Waals surface area contributed by atoms with Crippen molar-refractivity contribution in [1.29, 1.82) is 0 Å². The molecule has 0 radical (unpaired) electrons. The predicted octanol–water partition coefficient (Wildman–Crippen LogP) is 4.82. The van der Waals surface area contributed by atoms with Crippen molar-refractivity contribution in [3.63, 3.8) is 0 Å². The fraction of sp³-hybridized carbons (Fsp3) is 0.308. The van der Waals surface area contributed by atoms with Crippen molar-refractivity contribution < 1.29 is 18.8 Å². The number of nitro groups is 1. The first-order valence-electron chi connectivity index (χ1n) is 11.4. The maximum absolute atomic E-state index is 12.4. The second-order valence-corrected chi connectivity index (χ2v) is 9.69. The molecular weight excluding hydrogens is 450 g/mol. The lowest BCUT2D eigenvalue weighted by Gasteiger charge is -2.46. The van der Waals surface area contributed by atoms with Gasteiger partial charge in [0.2, 0.25) is 5.88 Å². The standard InChI is InChI=1S/C26H23N3O6/c1-13-11-20(30)34-24-17(13)9-10-19-23(24)22-18(12-33-19)26(3,4)35-25-21(22)14(2)27-28(25)15-5-7-16(8-6-15)29(31)32/h5-11,18,22H,12H2,1-4H3/t18-,22+/m1/s1. The molecule has 2 aromatic carbocycles. The van der Waals surface area contributed by atoms with Crippen molar-refractivity contribution in [3.05, 3.63) is 85.4 Å². The van der Waals surface area contributed by atoms with Crippen molar-refractivity contribution in [1.82, 2.24) is 9.78 Å². The molecule has 2 aliphatic heterocycles. The van der Waals surface area contributed by atoms with Crippen LogP contribution >= 0.6 is 0 Å². The third kappa shape index (κ3) is 3.07. The van der Waals surface area contributed by atoms with Crippen LogP contribution in [-0.4, -0.2) is 26.9 Å². The number of nitro benzene ring substituents is 1. The summed E-state index contributed by atoms with van der Waals surface area (Å²) in [7, 11) is 0. The Hall–Kier alpha value is -4.14. The van der Waals surface area contributed by atoms with Crippen LogP contribution in [0.2, 0.25) is 0 Å². The fourth-order valence-electron chi connectivity index (χ4n) is 5.42. The number of nitrogens with zero attached hydrogens (tertiary/aromatic N) is 3. The summed E-state index contributed by atoms with van der Waals surface area (Å²) in [6.45, 7) is 8.27. The number of aromatic nitrogens is 2. The highest BCUT2D eigenvalue weighted by atomic mass is 16.6. The van der Waals surface area contributed by atoms with E-state index in [4.69, 9.17) is 19.0 Å². The lowest BCUT2D eigenvalue weighted by Crippen LogP contribution is -2.49. The van der Waals surface area contributed by atoms with Gasteiger partial charge in [0.05, 0.1) is 22.9 Å². The highest BCUT2D eigenvalue weighted by Crippen LogP contribution is 2.55. The molecule has 0 saturated heterocycles. The van der Waals surface area contributed by atoms with Crippen LogP contribution in [0.4, 0.5) is 5.69 Å². The molecule has 0 unspecified atom stereocenters. The molecule has 0 aliphatic carbocycles. The Bertz CT molecular complexity index is 1580. The van der Waals surface area contributed by atoms with Gasteiger partial charge in [-0.25, -0.2) is 9.48 Å². The zero-order chi connectivity index (χ0) is 24.6. The second kappa shape index (κ2) is 7.18. The van der Waals surface area contributed by atoms with Crippen LogP contribution in [0, 0.1) is 29.9 Å². The van der Waals surface area contributed by atoms with Gasteiger partial charge in [0, 0.05) is 46.5 Å². The molecule has 0 amide bonds. The molecule has 2 atom stereocenters. The Morgan fingerprint density at radius 2 is 1.86 bits per heavy atom. The van der Waals surface area contributed by atoms with E-state index in [1.165, 1.54) is 18.2 Å². The molecule has 2 aromatic heterocycles. The van der Waals surface area contributed by atoms with Crippen LogP contribution < -0.4 is 15.1 Å². The van der Waals surface area contributed by atoms with Gasteiger partial charge in [-0.05, 0) is 57.5 Å². The molecule has 4 aromatic rings. The van der Waals surface area contributed by atoms with Crippen molar-refractivity contribution in [2.45, 2.75) is 39.2 Å². The first-order chi connectivity index (χ1) is 16.7. The van der Waals surface area contributed by atoms with Crippen LogP contribution in [0.3, 0.4) is 0 Å². The second-order valence-electron chi connectivity index (χ2n) is 9.69. The smallest absolute Gasteiger partial charge is 0.336 e. The normalized spacial score (nSPS) is 19.8. The van der Waals surface area contributed by atoms with E-state index in [0.717, 1.165) is 27.8 Å². The van der Waals surface area contributed by atoms with Gasteiger partial charge in [-0.2, -0.15) is 5.10 Å². The van der Waals surface area contributed by atoms with E-state index >= 15 is 0 Å². The number of ether oxygens (including phenoxy) is 2. The van der Waals surface area contributed by atoms with Crippen molar-refractivity contribution in [2.75, 3.05) is 6.61 Å². The van der Waals surface area contributed by atoms with Crippen molar-refractivity contribution in [2.24, 2.45) is 5.92 Å². The van der Waals surface area contributed by atoms with E-state index in [9.17, 15) is 14.9 Å². The van der Waals surface area contributed by atoms with Crippen LogP contribution in [0.15, 0.2) is 51.7 Å². The van der Waals surface area contributed by atoms with Crippen LogP contribution in [0.25, 0.3) is 16.7 Å². The molecule has 178 valence electrons. The summed E-state index contributed by atoms with van der Waals surface area (Å²) in [5.41, 5.74) is 3.47.